The molecule has 1 atom stereocenters. The molecule has 0 aliphatic carbocycles. The molecule has 1 rings (SSSR count). The third kappa shape index (κ3) is 6.73. The minimum Gasteiger partial charge on any atom is -0.314 e. The number of likely N-dealkylation sites (N-methyl/N-ethyl adjacent to an activating group) is 1. The Bertz CT molecular complexity index is 236. The van der Waals surface area contributed by atoms with E-state index in [2.05, 4.69) is 49.9 Å². The van der Waals surface area contributed by atoms with Gasteiger partial charge in [0.25, 0.3) is 0 Å². The topological polar surface area (TPSA) is 18.5 Å². The number of hydrogen-bond donors (Lipinski definition) is 1. The van der Waals surface area contributed by atoms with Crippen molar-refractivity contribution in [1.82, 2.24) is 15.1 Å². The summed E-state index contributed by atoms with van der Waals surface area (Å²) in [6.45, 7) is 16.6. The fourth-order valence-electron chi connectivity index (χ4n) is 2.79. The predicted octanol–water partition coefficient (Wildman–Crippen LogP) is 2.43. The lowest BCUT2D eigenvalue weighted by Gasteiger charge is -2.34. The second-order valence-electron chi connectivity index (χ2n) is 6.99. The molecule has 0 aromatic carbocycles. The summed E-state index contributed by atoms with van der Waals surface area (Å²) in [7, 11) is 2.28. The zero-order valence-electron chi connectivity index (χ0n) is 13.8. The molecule has 0 bridgehead atoms. The first kappa shape index (κ1) is 16.9. The van der Waals surface area contributed by atoms with Gasteiger partial charge in [-0.2, -0.15) is 0 Å². The molecule has 0 radical (unpaired) electrons. The number of likely N-dealkylation sites (tertiary alicyclic amines) is 1. The van der Waals surface area contributed by atoms with E-state index in [0.29, 0.717) is 11.5 Å². The molecule has 19 heavy (non-hydrogen) atoms. The third-order valence-corrected chi connectivity index (χ3v) is 4.44. The van der Waals surface area contributed by atoms with Gasteiger partial charge in [0.15, 0.2) is 0 Å². The largest absolute Gasteiger partial charge is 0.314 e. The van der Waals surface area contributed by atoms with Crippen LogP contribution in [-0.4, -0.2) is 62.2 Å². The summed E-state index contributed by atoms with van der Waals surface area (Å²) in [5.41, 5.74) is 0.393. The van der Waals surface area contributed by atoms with Gasteiger partial charge in [0.2, 0.25) is 0 Å². The molecule has 0 spiro atoms. The minimum atomic E-state index is 0.393. The fraction of sp³-hybridized carbons (Fsp3) is 1.00. The van der Waals surface area contributed by atoms with Crippen LogP contribution in [0.5, 0.6) is 0 Å². The van der Waals surface area contributed by atoms with Crippen molar-refractivity contribution in [3.05, 3.63) is 0 Å². The number of rotatable bonds is 9. The standard InChI is InChI=1S/C16H35N3/c1-6-16(4,13-17-15(2)3)14-18(5)11-12-19-9-7-8-10-19/h15,17H,6-14H2,1-5H3. The van der Waals surface area contributed by atoms with E-state index in [1.54, 1.807) is 0 Å². The highest BCUT2D eigenvalue weighted by molar-refractivity contribution is 4.80. The van der Waals surface area contributed by atoms with Gasteiger partial charge >= 0.3 is 0 Å². The summed E-state index contributed by atoms with van der Waals surface area (Å²) < 4.78 is 0. The molecule has 1 unspecified atom stereocenters. The molecule has 0 aromatic heterocycles. The van der Waals surface area contributed by atoms with Crippen molar-refractivity contribution in [2.45, 2.75) is 53.0 Å². The van der Waals surface area contributed by atoms with Crippen molar-refractivity contribution in [3.8, 4) is 0 Å². The Kier molecular flexibility index (Phi) is 7.33. The van der Waals surface area contributed by atoms with E-state index in [9.17, 15) is 0 Å². The summed E-state index contributed by atoms with van der Waals surface area (Å²) in [5, 5.41) is 3.60. The molecule has 1 aliphatic rings. The van der Waals surface area contributed by atoms with Crippen LogP contribution >= 0.6 is 0 Å². The van der Waals surface area contributed by atoms with Crippen molar-refractivity contribution in [3.63, 3.8) is 0 Å². The molecule has 3 nitrogen and oxygen atoms in total. The fourth-order valence-corrected chi connectivity index (χ4v) is 2.79. The van der Waals surface area contributed by atoms with Gasteiger partial charge in [0.05, 0.1) is 0 Å². The maximum absolute atomic E-state index is 3.60. The van der Waals surface area contributed by atoms with Crippen molar-refractivity contribution in [2.24, 2.45) is 5.41 Å². The molecular weight excluding hydrogens is 234 g/mol. The second-order valence-corrected chi connectivity index (χ2v) is 6.99. The summed E-state index contributed by atoms with van der Waals surface area (Å²) >= 11 is 0. The molecule has 1 aliphatic heterocycles. The molecule has 1 heterocycles. The van der Waals surface area contributed by atoms with Crippen LogP contribution in [0, 0.1) is 5.41 Å². The lowest BCUT2D eigenvalue weighted by atomic mass is 9.86. The lowest BCUT2D eigenvalue weighted by molar-refractivity contribution is 0.163. The van der Waals surface area contributed by atoms with E-state index >= 15 is 0 Å². The highest BCUT2D eigenvalue weighted by atomic mass is 15.2. The predicted molar refractivity (Wildman–Crippen MR) is 84.7 cm³/mol. The van der Waals surface area contributed by atoms with Gasteiger partial charge in [0, 0.05) is 32.2 Å². The highest BCUT2D eigenvalue weighted by Gasteiger charge is 2.24. The molecule has 114 valence electrons. The van der Waals surface area contributed by atoms with E-state index in [1.165, 1.54) is 52.0 Å². The molecule has 1 fully saturated rings. The Morgan fingerprint density at radius 1 is 1.26 bits per heavy atom. The van der Waals surface area contributed by atoms with Gasteiger partial charge in [-0.15, -0.1) is 0 Å². The molecular formula is C16H35N3. The number of nitrogens with zero attached hydrogens (tertiary/aromatic N) is 2. The quantitative estimate of drug-likeness (QED) is 0.693. The minimum absolute atomic E-state index is 0.393. The molecule has 0 aromatic rings. The second kappa shape index (κ2) is 8.23. The van der Waals surface area contributed by atoms with Crippen LogP contribution in [0.25, 0.3) is 0 Å². The molecule has 1 N–H and O–H groups in total. The van der Waals surface area contributed by atoms with E-state index in [-0.39, 0.29) is 0 Å². The number of hydrogen-bond acceptors (Lipinski definition) is 3. The third-order valence-electron chi connectivity index (χ3n) is 4.44. The van der Waals surface area contributed by atoms with E-state index < -0.39 is 0 Å². The Hall–Kier alpha value is -0.120. The lowest BCUT2D eigenvalue weighted by Crippen LogP contribution is -2.44. The Morgan fingerprint density at radius 2 is 1.89 bits per heavy atom. The Morgan fingerprint density at radius 3 is 2.42 bits per heavy atom. The SMILES string of the molecule is CCC(C)(CNC(C)C)CN(C)CCN1CCCC1. The summed E-state index contributed by atoms with van der Waals surface area (Å²) in [4.78, 5) is 5.12. The monoisotopic (exact) mass is 269 g/mol. The van der Waals surface area contributed by atoms with Crippen LogP contribution in [0.4, 0.5) is 0 Å². The van der Waals surface area contributed by atoms with Gasteiger partial charge in [-0.05, 0) is 44.8 Å². The summed E-state index contributed by atoms with van der Waals surface area (Å²) in [6.07, 6.45) is 4.03. The van der Waals surface area contributed by atoms with E-state index in [0.717, 1.165) is 6.54 Å². The van der Waals surface area contributed by atoms with Crippen LogP contribution < -0.4 is 5.32 Å². The first-order chi connectivity index (χ1) is 8.95. The first-order valence-electron chi connectivity index (χ1n) is 8.09. The average Bonchev–Trinajstić information content (AvgIpc) is 2.87. The number of nitrogens with one attached hydrogen (secondary N) is 1. The van der Waals surface area contributed by atoms with Gasteiger partial charge in [0.1, 0.15) is 0 Å². The first-order valence-corrected chi connectivity index (χ1v) is 8.09. The van der Waals surface area contributed by atoms with E-state index in [4.69, 9.17) is 0 Å². The Balaban J connectivity index is 2.27. The van der Waals surface area contributed by atoms with Gasteiger partial charge < -0.3 is 15.1 Å². The smallest absolute Gasteiger partial charge is 0.0109 e. The van der Waals surface area contributed by atoms with Gasteiger partial charge in [-0.1, -0.05) is 27.7 Å². The Labute approximate surface area is 120 Å². The molecule has 1 saturated heterocycles. The van der Waals surface area contributed by atoms with Crippen molar-refractivity contribution < 1.29 is 0 Å². The van der Waals surface area contributed by atoms with Crippen LogP contribution in [-0.2, 0) is 0 Å². The van der Waals surface area contributed by atoms with Crippen molar-refractivity contribution in [1.29, 1.82) is 0 Å². The van der Waals surface area contributed by atoms with Crippen LogP contribution in [0.3, 0.4) is 0 Å². The summed E-state index contributed by atoms with van der Waals surface area (Å²) in [5.74, 6) is 0. The normalized spacial score (nSPS) is 20.4. The van der Waals surface area contributed by atoms with Crippen LogP contribution in [0.1, 0.15) is 47.0 Å². The molecule has 0 amide bonds. The van der Waals surface area contributed by atoms with E-state index in [1.807, 2.05) is 0 Å². The van der Waals surface area contributed by atoms with Gasteiger partial charge in [-0.3, -0.25) is 0 Å². The maximum atomic E-state index is 3.60. The summed E-state index contributed by atoms with van der Waals surface area (Å²) in [6, 6.07) is 0.584. The molecule has 3 heteroatoms. The van der Waals surface area contributed by atoms with Crippen LogP contribution in [0.2, 0.25) is 0 Å². The van der Waals surface area contributed by atoms with Gasteiger partial charge in [-0.25, -0.2) is 0 Å². The zero-order chi connectivity index (χ0) is 14.3. The van der Waals surface area contributed by atoms with Crippen molar-refractivity contribution in [2.75, 3.05) is 46.3 Å². The van der Waals surface area contributed by atoms with Crippen molar-refractivity contribution >= 4 is 0 Å². The average molecular weight is 269 g/mol. The van der Waals surface area contributed by atoms with Crippen LogP contribution in [0.15, 0.2) is 0 Å². The molecule has 0 saturated carbocycles. The highest BCUT2D eigenvalue weighted by Crippen LogP contribution is 2.21. The maximum Gasteiger partial charge on any atom is 0.0109 e. The zero-order valence-corrected chi connectivity index (χ0v) is 13.8.